The van der Waals surface area contributed by atoms with Crippen LogP contribution in [0.2, 0.25) is 5.02 Å². The number of hydrogen-bond acceptors (Lipinski definition) is 4. The van der Waals surface area contributed by atoms with E-state index in [9.17, 15) is 13.2 Å². The predicted molar refractivity (Wildman–Crippen MR) is 73.7 cm³/mol. The number of benzene rings is 1. The zero-order chi connectivity index (χ0) is 14.0. The van der Waals surface area contributed by atoms with Crippen molar-refractivity contribution in [3.05, 3.63) is 23.2 Å². The summed E-state index contributed by atoms with van der Waals surface area (Å²) in [6.45, 7) is 0. The van der Waals surface area contributed by atoms with Gasteiger partial charge in [-0.2, -0.15) is 0 Å². The van der Waals surface area contributed by atoms with E-state index in [1.165, 1.54) is 18.2 Å². The minimum atomic E-state index is -3.57. The van der Waals surface area contributed by atoms with Crippen molar-refractivity contribution in [1.82, 2.24) is 5.32 Å². The number of carbonyl (C=O) groups excluding carboxylic acids is 1. The Morgan fingerprint density at radius 1 is 1.42 bits per heavy atom. The first-order valence-corrected chi connectivity index (χ1v) is 7.98. The fraction of sp³-hybridized carbons (Fsp3) is 0.417. The van der Waals surface area contributed by atoms with Gasteiger partial charge >= 0.3 is 0 Å². The van der Waals surface area contributed by atoms with Gasteiger partial charge in [0.25, 0.3) is 0 Å². The largest absolute Gasteiger partial charge is 0.399 e. The summed E-state index contributed by atoms with van der Waals surface area (Å²) in [5.41, 5.74) is 5.91. The molecule has 1 aliphatic rings. The fourth-order valence-corrected chi connectivity index (χ4v) is 3.48. The molecule has 3 N–H and O–H groups in total. The summed E-state index contributed by atoms with van der Waals surface area (Å²) in [5, 5.41) is 2.83. The van der Waals surface area contributed by atoms with Crippen LogP contribution < -0.4 is 11.1 Å². The molecule has 19 heavy (non-hydrogen) atoms. The third kappa shape index (κ3) is 3.84. The lowest BCUT2D eigenvalue weighted by Gasteiger charge is -2.07. The quantitative estimate of drug-likeness (QED) is 0.804. The van der Waals surface area contributed by atoms with Crippen LogP contribution in [0, 0.1) is 0 Å². The molecule has 2 rings (SSSR count). The Morgan fingerprint density at radius 3 is 2.68 bits per heavy atom. The molecule has 0 aliphatic heterocycles. The molecule has 0 heterocycles. The van der Waals surface area contributed by atoms with E-state index < -0.39 is 9.84 Å². The molecule has 0 bridgehead atoms. The zero-order valence-corrected chi connectivity index (χ0v) is 11.8. The Kier molecular flexibility index (Phi) is 4.01. The van der Waals surface area contributed by atoms with Gasteiger partial charge in [0, 0.05) is 18.2 Å². The number of hydrogen-bond donors (Lipinski definition) is 2. The topological polar surface area (TPSA) is 89.3 Å². The molecule has 0 atom stereocenters. The normalized spacial score (nSPS) is 15.2. The van der Waals surface area contributed by atoms with Gasteiger partial charge in [0.2, 0.25) is 5.91 Å². The molecule has 0 radical (unpaired) electrons. The van der Waals surface area contributed by atoms with Crippen molar-refractivity contribution in [2.75, 3.05) is 11.5 Å². The molecule has 0 unspecified atom stereocenters. The van der Waals surface area contributed by atoms with Gasteiger partial charge in [0.15, 0.2) is 9.84 Å². The Bertz CT molecular complexity index is 597. The maximum atomic E-state index is 12.1. The lowest BCUT2D eigenvalue weighted by molar-refractivity contribution is -0.120. The molecule has 1 fully saturated rings. The van der Waals surface area contributed by atoms with Crippen molar-refractivity contribution >= 4 is 33.0 Å². The third-order valence-corrected chi connectivity index (χ3v) is 5.02. The number of nitrogen functional groups attached to an aromatic ring is 1. The first kappa shape index (κ1) is 14.1. The first-order valence-electron chi connectivity index (χ1n) is 5.95. The molecule has 0 saturated heterocycles. The zero-order valence-electron chi connectivity index (χ0n) is 10.2. The summed E-state index contributed by atoms with van der Waals surface area (Å²) in [6, 6.07) is 4.46. The van der Waals surface area contributed by atoms with E-state index in [0.717, 1.165) is 12.8 Å². The van der Waals surface area contributed by atoms with Gasteiger partial charge in [-0.3, -0.25) is 4.79 Å². The smallest absolute Gasteiger partial charge is 0.221 e. The highest BCUT2D eigenvalue weighted by atomic mass is 35.5. The minimum Gasteiger partial charge on any atom is -0.399 e. The maximum Gasteiger partial charge on any atom is 0.221 e. The van der Waals surface area contributed by atoms with E-state index in [2.05, 4.69) is 5.32 Å². The summed E-state index contributed by atoms with van der Waals surface area (Å²) in [5.74, 6) is -0.493. The molecule has 0 aromatic heterocycles. The van der Waals surface area contributed by atoms with Crippen LogP contribution in [-0.2, 0) is 14.6 Å². The van der Waals surface area contributed by atoms with E-state index in [4.69, 9.17) is 17.3 Å². The number of halogens is 1. The highest BCUT2D eigenvalue weighted by Gasteiger charge is 2.25. The third-order valence-electron chi connectivity index (χ3n) is 2.83. The Hall–Kier alpha value is -1.27. The van der Waals surface area contributed by atoms with Crippen LogP contribution in [0.25, 0.3) is 0 Å². The van der Waals surface area contributed by atoms with Gasteiger partial charge in [0.1, 0.15) is 0 Å². The molecule has 104 valence electrons. The molecule has 1 aromatic rings. The molecule has 1 saturated carbocycles. The van der Waals surface area contributed by atoms with Gasteiger partial charge < -0.3 is 11.1 Å². The summed E-state index contributed by atoms with van der Waals surface area (Å²) < 4.78 is 24.1. The van der Waals surface area contributed by atoms with Crippen molar-refractivity contribution in [2.45, 2.75) is 30.2 Å². The van der Waals surface area contributed by atoms with Crippen LogP contribution in [0.1, 0.15) is 19.3 Å². The Labute approximate surface area is 117 Å². The van der Waals surface area contributed by atoms with Gasteiger partial charge in [-0.15, -0.1) is 0 Å². The van der Waals surface area contributed by atoms with E-state index in [-0.39, 0.29) is 34.0 Å². The summed E-state index contributed by atoms with van der Waals surface area (Å²) in [7, 11) is -3.57. The number of anilines is 1. The monoisotopic (exact) mass is 302 g/mol. The fourth-order valence-electron chi connectivity index (χ4n) is 1.63. The summed E-state index contributed by atoms with van der Waals surface area (Å²) >= 11 is 5.86. The number of nitrogens with two attached hydrogens (primary N) is 1. The highest BCUT2D eigenvalue weighted by molar-refractivity contribution is 7.91. The van der Waals surface area contributed by atoms with E-state index in [0.29, 0.717) is 5.69 Å². The van der Waals surface area contributed by atoms with Crippen molar-refractivity contribution in [1.29, 1.82) is 0 Å². The van der Waals surface area contributed by atoms with Crippen molar-refractivity contribution < 1.29 is 13.2 Å². The molecule has 7 heteroatoms. The molecule has 1 aliphatic carbocycles. The van der Waals surface area contributed by atoms with Crippen molar-refractivity contribution in [2.24, 2.45) is 0 Å². The summed E-state index contributed by atoms with van der Waals surface area (Å²) in [6.07, 6.45) is 1.89. The number of carbonyl (C=O) groups is 1. The second kappa shape index (κ2) is 5.38. The number of nitrogens with one attached hydrogen (secondary N) is 1. The molecule has 1 amide bonds. The molecule has 5 nitrogen and oxygen atoms in total. The predicted octanol–water partition coefficient (Wildman–Crippen LogP) is 1.36. The summed E-state index contributed by atoms with van der Waals surface area (Å²) in [4.78, 5) is 11.5. The van der Waals surface area contributed by atoms with Crippen LogP contribution in [-0.4, -0.2) is 26.1 Å². The number of sulfone groups is 1. The number of amides is 1. The van der Waals surface area contributed by atoms with Crippen LogP contribution in [0.15, 0.2) is 23.1 Å². The van der Waals surface area contributed by atoms with Crippen molar-refractivity contribution in [3.63, 3.8) is 0 Å². The molecule has 0 spiro atoms. The Balaban J connectivity index is 2.02. The maximum absolute atomic E-state index is 12.1. The second-order valence-electron chi connectivity index (χ2n) is 4.60. The van der Waals surface area contributed by atoms with E-state index in [1.54, 1.807) is 0 Å². The van der Waals surface area contributed by atoms with Crippen LogP contribution in [0.3, 0.4) is 0 Å². The van der Waals surface area contributed by atoms with Gasteiger partial charge in [0.05, 0.1) is 15.7 Å². The van der Waals surface area contributed by atoms with Gasteiger partial charge in [-0.25, -0.2) is 8.42 Å². The first-order chi connectivity index (χ1) is 8.88. The average Bonchev–Trinajstić information content (AvgIpc) is 3.10. The molecular formula is C12H15ClN2O3S. The van der Waals surface area contributed by atoms with Crippen LogP contribution in [0.5, 0.6) is 0 Å². The number of rotatable bonds is 5. The SMILES string of the molecule is Nc1ccc(S(=O)(=O)CCC(=O)NC2CC2)c(Cl)c1. The highest BCUT2D eigenvalue weighted by Crippen LogP contribution is 2.25. The van der Waals surface area contributed by atoms with Gasteiger partial charge in [-0.05, 0) is 31.0 Å². The van der Waals surface area contributed by atoms with E-state index >= 15 is 0 Å². The average molecular weight is 303 g/mol. The van der Waals surface area contributed by atoms with Crippen molar-refractivity contribution in [3.8, 4) is 0 Å². The lowest BCUT2D eigenvalue weighted by atomic mass is 10.3. The van der Waals surface area contributed by atoms with Crippen LogP contribution in [0.4, 0.5) is 5.69 Å². The molecule has 1 aromatic carbocycles. The minimum absolute atomic E-state index is 0.0163. The van der Waals surface area contributed by atoms with Gasteiger partial charge in [-0.1, -0.05) is 11.6 Å². The second-order valence-corrected chi connectivity index (χ2v) is 7.09. The van der Waals surface area contributed by atoms with Crippen LogP contribution >= 0.6 is 11.6 Å². The van der Waals surface area contributed by atoms with E-state index in [1.807, 2.05) is 0 Å². The Morgan fingerprint density at radius 2 is 2.11 bits per heavy atom. The molecular weight excluding hydrogens is 288 g/mol. The lowest BCUT2D eigenvalue weighted by Crippen LogP contribution is -2.27. The standard InChI is InChI=1S/C12H15ClN2O3S/c13-10-7-8(14)1-4-11(10)19(17,18)6-5-12(16)15-9-2-3-9/h1,4,7,9H,2-3,5-6,14H2,(H,15,16).